The normalized spacial score (nSPS) is 27.9. The fourth-order valence-corrected chi connectivity index (χ4v) is 3.47. The van der Waals surface area contributed by atoms with Gasteiger partial charge in [-0.15, -0.1) is 0 Å². The van der Waals surface area contributed by atoms with Crippen LogP contribution in [0.15, 0.2) is 12.0 Å². The molecule has 1 aliphatic rings. The molecule has 1 rings (SSSR count). The Morgan fingerprint density at radius 3 is 2.21 bits per heavy atom. The van der Waals surface area contributed by atoms with Gasteiger partial charge in [0.25, 0.3) is 0 Å². The van der Waals surface area contributed by atoms with Crippen molar-refractivity contribution < 1.29 is 9.09 Å². The Labute approximate surface area is 90.4 Å². The second kappa shape index (κ2) is 3.46. The van der Waals surface area contributed by atoms with Gasteiger partial charge in [-0.3, -0.25) is 4.67 Å². The average molecular weight is 238 g/mol. The molecule has 1 atom stereocenters. The molecular weight excluding hydrogens is 221 g/mol. The van der Waals surface area contributed by atoms with E-state index in [1.165, 1.54) is 0 Å². The van der Waals surface area contributed by atoms with Gasteiger partial charge in [0.15, 0.2) is 0 Å². The van der Waals surface area contributed by atoms with E-state index in [1.807, 2.05) is 34.6 Å². The zero-order valence-corrected chi connectivity index (χ0v) is 10.9. The summed E-state index contributed by atoms with van der Waals surface area (Å²) >= 11 is 5.84. The lowest BCUT2D eigenvalue weighted by Gasteiger charge is -2.22. The van der Waals surface area contributed by atoms with Crippen LogP contribution in [0.1, 0.15) is 34.6 Å². The molecule has 0 saturated carbocycles. The Balaban J connectivity index is 2.98. The van der Waals surface area contributed by atoms with Gasteiger partial charge in [0.05, 0.1) is 0 Å². The Morgan fingerprint density at radius 1 is 1.50 bits per heavy atom. The summed E-state index contributed by atoms with van der Waals surface area (Å²) in [4.78, 5) is 0. The van der Waals surface area contributed by atoms with Gasteiger partial charge in [0, 0.05) is 28.9 Å². The van der Waals surface area contributed by atoms with Crippen molar-refractivity contribution in [3.05, 3.63) is 12.0 Å². The van der Waals surface area contributed by atoms with Crippen molar-refractivity contribution >= 4 is 18.1 Å². The third-order valence-corrected chi connectivity index (χ3v) is 4.29. The highest BCUT2D eigenvalue weighted by Gasteiger charge is 2.41. The number of allylic oxidation sites excluding steroid dienone is 1. The molecule has 1 aliphatic heterocycles. The molecule has 0 aromatic carbocycles. The molecule has 5 heteroatoms. The van der Waals surface area contributed by atoms with Crippen LogP contribution in [-0.2, 0) is 9.09 Å². The number of hydrogen-bond donors (Lipinski definition) is 0. The number of hydrogen-bond acceptors (Lipinski definition) is 2. The second-order valence-electron chi connectivity index (χ2n) is 4.76. The van der Waals surface area contributed by atoms with Crippen molar-refractivity contribution in [2.75, 3.05) is 0 Å². The van der Waals surface area contributed by atoms with E-state index < -0.39 is 6.87 Å². The number of halogens is 1. The van der Waals surface area contributed by atoms with Crippen LogP contribution < -0.4 is 0 Å². The number of rotatable bonds is 1. The zero-order valence-electron chi connectivity index (χ0n) is 9.24. The monoisotopic (exact) mass is 237 g/mol. The molecule has 0 spiro atoms. The zero-order chi connectivity index (χ0) is 11.1. The molecule has 0 N–H and O–H groups in total. The highest BCUT2D eigenvalue weighted by molar-refractivity contribution is 7.83. The maximum Gasteiger partial charge on any atom is 0.437 e. The molecule has 14 heavy (non-hydrogen) atoms. The summed E-state index contributed by atoms with van der Waals surface area (Å²) in [5.74, 6) is 0.685. The molecule has 1 unspecified atom stereocenters. The molecule has 0 aromatic rings. The van der Waals surface area contributed by atoms with Crippen LogP contribution in [0.3, 0.4) is 0 Å². The van der Waals surface area contributed by atoms with Crippen molar-refractivity contribution in [1.82, 2.24) is 4.67 Å². The first-order valence-electron chi connectivity index (χ1n) is 4.65. The first-order chi connectivity index (χ1) is 6.14. The maximum absolute atomic E-state index is 11.9. The Kier molecular flexibility index (Phi) is 2.95. The van der Waals surface area contributed by atoms with Gasteiger partial charge in [-0.1, -0.05) is 20.8 Å². The van der Waals surface area contributed by atoms with Crippen molar-refractivity contribution in [2.45, 2.75) is 40.7 Å². The summed E-state index contributed by atoms with van der Waals surface area (Å²) < 4.78 is 18.7. The predicted molar refractivity (Wildman–Crippen MR) is 59.1 cm³/mol. The van der Waals surface area contributed by atoms with E-state index in [2.05, 4.69) is 0 Å². The maximum atomic E-state index is 11.9. The van der Waals surface area contributed by atoms with Gasteiger partial charge in [0.1, 0.15) is 5.76 Å². The Hall–Kier alpha value is -0.140. The van der Waals surface area contributed by atoms with Crippen molar-refractivity contribution in [3.63, 3.8) is 0 Å². The van der Waals surface area contributed by atoms with Gasteiger partial charge in [0.2, 0.25) is 0 Å². The fourth-order valence-electron chi connectivity index (χ4n) is 1.14. The Morgan fingerprint density at radius 2 is 2.00 bits per heavy atom. The van der Waals surface area contributed by atoms with Crippen molar-refractivity contribution in [2.24, 2.45) is 5.41 Å². The fraction of sp³-hybridized carbons (Fsp3) is 0.778. The second-order valence-corrected chi connectivity index (χ2v) is 7.59. The molecule has 82 valence electrons. The first kappa shape index (κ1) is 11.9. The van der Waals surface area contributed by atoms with Crippen molar-refractivity contribution in [3.8, 4) is 0 Å². The van der Waals surface area contributed by atoms with E-state index in [4.69, 9.17) is 15.8 Å². The summed E-state index contributed by atoms with van der Waals surface area (Å²) in [6.45, 7) is 6.71. The predicted octanol–water partition coefficient (Wildman–Crippen LogP) is 3.96. The highest BCUT2D eigenvalue weighted by Crippen LogP contribution is 2.64. The van der Waals surface area contributed by atoms with Crippen LogP contribution in [-0.4, -0.2) is 10.7 Å². The van der Waals surface area contributed by atoms with Gasteiger partial charge in [-0.25, -0.2) is 4.57 Å². The summed E-state index contributed by atoms with van der Waals surface area (Å²) in [6, 6.07) is 0.0817. The lowest BCUT2D eigenvalue weighted by molar-refractivity contribution is 0.305. The van der Waals surface area contributed by atoms with Crippen LogP contribution >= 0.6 is 18.1 Å². The molecule has 0 amide bonds. The quantitative estimate of drug-likeness (QED) is 0.647. The molecule has 0 aliphatic carbocycles. The standard InChI is InChI=1S/C9H17ClNO2P/c1-7(2)11-6-8(9(3,4)5)13-14(11,10)12/h6-7H,1-5H3. The van der Waals surface area contributed by atoms with E-state index in [0.29, 0.717) is 5.76 Å². The lowest BCUT2D eigenvalue weighted by atomic mass is 9.94. The van der Waals surface area contributed by atoms with Gasteiger partial charge in [-0.05, 0) is 13.8 Å². The van der Waals surface area contributed by atoms with Crippen LogP contribution in [0, 0.1) is 5.41 Å². The van der Waals surface area contributed by atoms with Gasteiger partial charge in [-0.2, -0.15) is 0 Å². The van der Waals surface area contributed by atoms with Crippen LogP contribution in [0.25, 0.3) is 0 Å². The van der Waals surface area contributed by atoms with Crippen molar-refractivity contribution in [1.29, 1.82) is 0 Å². The molecule has 0 saturated heterocycles. The first-order valence-corrected chi connectivity index (χ1v) is 7.13. The van der Waals surface area contributed by atoms with E-state index in [-0.39, 0.29) is 11.5 Å². The molecule has 1 heterocycles. The smallest absolute Gasteiger partial charge is 0.420 e. The van der Waals surface area contributed by atoms with E-state index in [9.17, 15) is 4.57 Å². The minimum Gasteiger partial charge on any atom is -0.420 e. The Bertz CT molecular complexity index is 306. The molecule has 0 fully saturated rings. The summed E-state index contributed by atoms with van der Waals surface area (Å²) in [5, 5.41) is 0. The highest BCUT2D eigenvalue weighted by atomic mass is 35.7. The lowest BCUT2D eigenvalue weighted by Crippen LogP contribution is -2.17. The van der Waals surface area contributed by atoms with E-state index in [0.717, 1.165) is 0 Å². The molecule has 0 bridgehead atoms. The third kappa shape index (κ3) is 2.26. The molecular formula is C9H17ClNO2P. The largest absolute Gasteiger partial charge is 0.437 e. The van der Waals surface area contributed by atoms with E-state index in [1.54, 1.807) is 10.9 Å². The molecule has 0 radical (unpaired) electrons. The minimum absolute atomic E-state index is 0.0817. The average Bonchev–Trinajstić information content (AvgIpc) is 2.23. The van der Waals surface area contributed by atoms with Crippen LogP contribution in [0.4, 0.5) is 0 Å². The van der Waals surface area contributed by atoms with Crippen LogP contribution in [0.5, 0.6) is 0 Å². The van der Waals surface area contributed by atoms with Gasteiger partial charge >= 0.3 is 6.87 Å². The van der Waals surface area contributed by atoms with E-state index >= 15 is 0 Å². The third-order valence-electron chi connectivity index (χ3n) is 2.00. The van der Waals surface area contributed by atoms with Crippen LogP contribution in [0.2, 0.25) is 0 Å². The SMILES string of the molecule is CC(C)N1C=C(C(C)(C)C)OP1(=O)Cl. The minimum atomic E-state index is -3.15. The van der Waals surface area contributed by atoms with Gasteiger partial charge < -0.3 is 4.52 Å². The summed E-state index contributed by atoms with van der Waals surface area (Å²) in [7, 11) is 0. The summed E-state index contributed by atoms with van der Waals surface area (Å²) in [5.41, 5.74) is -0.159. The molecule has 3 nitrogen and oxygen atoms in total. The summed E-state index contributed by atoms with van der Waals surface area (Å²) in [6.07, 6.45) is 1.76. The topological polar surface area (TPSA) is 29.5 Å². The number of nitrogens with zero attached hydrogens (tertiary/aromatic N) is 1. The molecule has 0 aromatic heterocycles.